The predicted octanol–water partition coefficient (Wildman–Crippen LogP) is 3.17. The van der Waals surface area contributed by atoms with Crippen LogP contribution in [0.3, 0.4) is 0 Å². The molecule has 106 valence electrons. The highest BCUT2D eigenvalue weighted by Gasteiger charge is 2.38. The molecule has 1 fully saturated rings. The smallest absolute Gasteiger partial charge is 0.129 e. The fourth-order valence-electron chi connectivity index (χ4n) is 3.39. The number of benzene rings is 1. The second-order valence-electron chi connectivity index (χ2n) is 5.54. The molecule has 0 aliphatic heterocycles. The molecule has 0 heterocycles. The van der Waals surface area contributed by atoms with Crippen molar-refractivity contribution in [2.75, 3.05) is 20.8 Å². The summed E-state index contributed by atoms with van der Waals surface area (Å²) >= 11 is 0. The third-order valence-electron chi connectivity index (χ3n) is 4.47. The number of aryl methyl sites for hydroxylation is 1. The summed E-state index contributed by atoms with van der Waals surface area (Å²) in [6, 6.07) is 4.09. The third-order valence-corrected chi connectivity index (χ3v) is 4.47. The van der Waals surface area contributed by atoms with Crippen LogP contribution < -0.4 is 15.2 Å². The number of hydrogen-bond acceptors (Lipinski definition) is 3. The zero-order valence-electron chi connectivity index (χ0n) is 12.3. The molecule has 2 N–H and O–H groups in total. The van der Waals surface area contributed by atoms with Crippen molar-refractivity contribution in [2.24, 2.45) is 5.73 Å². The Morgan fingerprint density at radius 1 is 1.11 bits per heavy atom. The number of hydrogen-bond donors (Lipinski definition) is 1. The van der Waals surface area contributed by atoms with Gasteiger partial charge in [-0.25, -0.2) is 0 Å². The average molecular weight is 263 g/mol. The van der Waals surface area contributed by atoms with Crippen molar-refractivity contribution >= 4 is 0 Å². The maximum Gasteiger partial charge on any atom is 0.129 e. The number of rotatable bonds is 4. The molecular weight excluding hydrogens is 238 g/mol. The highest BCUT2D eigenvalue weighted by molar-refractivity contribution is 5.54. The Kier molecular flexibility index (Phi) is 4.35. The van der Waals surface area contributed by atoms with E-state index in [2.05, 4.69) is 6.92 Å². The Balaban J connectivity index is 2.60. The van der Waals surface area contributed by atoms with Crippen LogP contribution in [0, 0.1) is 6.92 Å². The quantitative estimate of drug-likeness (QED) is 0.907. The fraction of sp³-hybridized carbons (Fsp3) is 0.625. The van der Waals surface area contributed by atoms with Gasteiger partial charge < -0.3 is 15.2 Å². The summed E-state index contributed by atoms with van der Waals surface area (Å²) in [4.78, 5) is 0. The zero-order valence-corrected chi connectivity index (χ0v) is 12.3. The molecule has 0 aromatic heterocycles. The molecule has 1 aromatic rings. The van der Waals surface area contributed by atoms with E-state index in [0.29, 0.717) is 6.54 Å². The van der Waals surface area contributed by atoms with E-state index in [9.17, 15) is 0 Å². The van der Waals surface area contributed by atoms with Crippen LogP contribution in [0.5, 0.6) is 11.5 Å². The first kappa shape index (κ1) is 14.2. The Hall–Kier alpha value is -1.22. The molecule has 1 aromatic carbocycles. The van der Waals surface area contributed by atoms with Gasteiger partial charge in [0.2, 0.25) is 0 Å². The van der Waals surface area contributed by atoms with Gasteiger partial charge in [0.05, 0.1) is 14.2 Å². The van der Waals surface area contributed by atoms with Crippen molar-refractivity contribution in [2.45, 2.75) is 44.4 Å². The van der Waals surface area contributed by atoms with Gasteiger partial charge in [0.15, 0.2) is 0 Å². The molecule has 2 rings (SSSR count). The number of methoxy groups -OCH3 is 2. The van der Waals surface area contributed by atoms with Crippen LogP contribution in [-0.4, -0.2) is 20.8 Å². The van der Waals surface area contributed by atoms with Crippen molar-refractivity contribution in [3.63, 3.8) is 0 Å². The molecule has 0 spiro atoms. The molecule has 0 radical (unpaired) electrons. The van der Waals surface area contributed by atoms with Crippen molar-refractivity contribution in [3.05, 3.63) is 23.3 Å². The summed E-state index contributed by atoms with van der Waals surface area (Å²) in [6.45, 7) is 2.73. The third kappa shape index (κ3) is 2.44. The lowest BCUT2D eigenvalue weighted by atomic mass is 9.68. The minimum atomic E-state index is 0.0148. The molecule has 0 saturated heterocycles. The molecule has 0 amide bonds. The summed E-state index contributed by atoms with van der Waals surface area (Å²) in [7, 11) is 3.46. The molecule has 1 aliphatic carbocycles. The lowest BCUT2D eigenvalue weighted by Crippen LogP contribution is -2.38. The van der Waals surface area contributed by atoms with Crippen molar-refractivity contribution in [3.8, 4) is 11.5 Å². The van der Waals surface area contributed by atoms with Crippen LogP contribution in [0.2, 0.25) is 0 Å². The summed E-state index contributed by atoms with van der Waals surface area (Å²) in [6.07, 6.45) is 6.02. The Bertz CT molecular complexity index is 437. The molecule has 3 nitrogen and oxygen atoms in total. The molecule has 0 unspecified atom stereocenters. The van der Waals surface area contributed by atoms with Gasteiger partial charge >= 0.3 is 0 Å². The first-order chi connectivity index (χ1) is 9.18. The molecule has 1 saturated carbocycles. The molecule has 3 heteroatoms. The minimum Gasteiger partial charge on any atom is -0.496 e. The molecule has 0 bridgehead atoms. The van der Waals surface area contributed by atoms with Gasteiger partial charge in [-0.05, 0) is 31.4 Å². The maximum absolute atomic E-state index is 6.16. The second-order valence-corrected chi connectivity index (χ2v) is 5.54. The highest BCUT2D eigenvalue weighted by atomic mass is 16.5. The molecule has 1 aliphatic rings. The predicted molar refractivity (Wildman–Crippen MR) is 78.1 cm³/mol. The van der Waals surface area contributed by atoms with Gasteiger partial charge in [0.25, 0.3) is 0 Å². The van der Waals surface area contributed by atoms with Crippen LogP contribution in [-0.2, 0) is 5.41 Å². The summed E-state index contributed by atoms with van der Waals surface area (Å²) in [5.41, 5.74) is 8.50. The van der Waals surface area contributed by atoms with Crippen LogP contribution in [0.1, 0.15) is 43.2 Å². The summed E-state index contributed by atoms with van der Waals surface area (Å²) < 4.78 is 11.3. The van der Waals surface area contributed by atoms with E-state index in [-0.39, 0.29) is 5.41 Å². The first-order valence-electron chi connectivity index (χ1n) is 7.10. The van der Waals surface area contributed by atoms with Crippen LogP contribution in [0.15, 0.2) is 12.1 Å². The Morgan fingerprint density at radius 2 is 1.79 bits per heavy atom. The van der Waals surface area contributed by atoms with Gasteiger partial charge in [-0.3, -0.25) is 0 Å². The van der Waals surface area contributed by atoms with Gasteiger partial charge in [-0.1, -0.05) is 25.3 Å². The monoisotopic (exact) mass is 263 g/mol. The lowest BCUT2D eigenvalue weighted by molar-refractivity contribution is 0.274. The van der Waals surface area contributed by atoms with E-state index < -0.39 is 0 Å². The maximum atomic E-state index is 6.16. The molecular formula is C16H25NO2. The Labute approximate surface area is 116 Å². The van der Waals surface area contributed by atoms with Crippen molar-refractivity contribution in [1.82, 2.24) is 0 Å². The summed E-state index contributed by atoms with van der Waals surface area (Å²) in [5.74, 6) is 1.86. The average Bonchev–Trinajstić information content (AvgIpc) is 2.47. The van der Waals surface area contributed by atoms with Gasteiger partial charge in [0.1, 0.15) is 11.5 Å². The molecule has 0 atom stereocenters. The fourth-order valence-corrected chi connectivity index (χ4v) is 3.39. The second kappa shape index (κ2) is 5.83. The van der Waals surface area contributed by atoms with Gasteiger partial charge in [-0.2, -0.15) is 0 Å². The SMILES string of the molecule is COc1ccc(C)c(OC)c1C1(CN)CCCCC1. The first-order valence-corrected chi connectivity index (χ1v) is 7.10. The normalized spacial score (nSPS) is 18.1. The van der Waals surface area contributed by atoms with E-state index in [4.69, 9.17) is 15.2 Å². The highest BCUT2D eigenvalue weighted by Crippen LogP contribution is 2.47. The Morgan fingerprint density at radius 3 is 2.32 bits per heavy atom. The van der Waals surface area contributed by atoms with E-state index in [1.165, 1.54) is 24.8 Å². The number of nitrogens with two attached hydrogens (primary N) is 1. The van der Waals surface area contributed by atoms with Crippen LogP contribution >= 0.6 is 0 Å². The van der Waals surface area contributed by atoms with Crippen LogP contribution in [0.25, 0.3) is 0 Å². The lowest BCUT2D eigenvalue weighted by Gasteiger charge is -2.38. The van der Waals surface area contributed by atoms with E-state index in [1.807, 2.05) is 12.1 Å². The van der Waals surface area contributed by atoms with Crippen LogP contribution in [0.4, 0.5) is 0 Å². The standard InChI is InChI=1S/C16H25NO2/c1-12-7-8-13(18-2)14(15(12)19-3)16(11-17)9-5-4-6-10-16/h7-8H,4-6,9-11,17H2,1-3H3. The topological polar surface area (TPSA) is 44.5 Å². The van der Waals surface area contributed by atoms with E-state index in [0.717, 1.165) is 29.9 Å². The zero-order chi connectivity index (χ0) is 13.9. The largest absolute Gasteiger partial charge is 0.496 e. The van der Waals surface area contributed by atoms with E-state index >= 15 is 0 Å². The minimum absolute atomic E-state index is 0.0148. The van der Waals surface area contributed by atoms with Crippen molar-refractivity contribution < 1.29 is 9.47 Å². The van der Waals surface area contributed by atoms with Gasteiger partial charge in [0, 0.05) is 17.5 Å². The van der Waals surface area contributed by atoms with Crippen molar-refractivity contribution in [1.29, 1.82) is 0 Å². The van der Waals surface area contributed by atoms with Gasteiger partial charge in [-0.15, -0.1) is 0 Å². The summed E-state index contributed by atoms with van der Waals surface area (Å²) in [5, 5.41) is 0. The number of ether oxygens (including phenoxy) is 2. The molecule has 19 heavy (non-hydrogen) atoms. The van der Waals surface area contributed by atoms with E-state index in [1.54, 1.807) is 14.2 Å².